The molecule has 0 saturated carbocycles. The lowest BCUT2D eigenvalue weighted by Crippen LogP contribution is -2.41. The summed E-state index contributed by atoms with van der Waals surface area (Å²) in [5.74, 6) is 0.0377. The highest BCUT2D eigenvalue weighted by Gasteiger charge is 2.24. The number of hydrogen-bond donors (Lipinski definition) is 0. The smallest absolute Gasteiger partial charge is 0.272 e. The van der Waals surface area contributed by atoms with E-state index in [0.717, 1.165) is 22.2 Å². The van der Waals surface area contributed by atoms with Gasteiger partial charge < -0.3 is 9.64 Å². The van der Waals surface area contributed by atoms with E-state index >= 15 is 0 Å². The summed E-state index contributed by atoms with van der Waals surface area (Å²) in [6, 6.07) is 3.85. The molecular formula is C14H16BrN3O2. The highest BCUT2D eigenvalue weighted by atomic mass is 79.9. The summed E-state index contributed by atoms with van der Waals surface area (Å²) in [4.78, 5) is 19.2. The molecule has 3 heterocycles. The van der Waals surface area contributed by atoms with Gasteiger partial charge in [0.25, 0.3) is 5.91 Å². The molecule has 2 aromatic rings. The van der Waals surface area contributed by atoms with E-state index < -0.39 is 0 Å². The van der Waals surface area contributed by atoms with Gasteiger partial charge in [0.05, 0.1) is 18.9 Å². The third kappa shape index (κ3) is 2.33. The van der Waals surface area contributed by atoms with Gasteiger partial charge in [-0.15, -0.1) is 0 Å². The summed E-state index contributed by atoms with van der Waals surface area (Å²) in [6.45, 7) is 4.51. The van der Waals surface area contributed by atoms with Crippen LogP contribution in [0.25, 0.3) is 5.65 Å². The Morgan fingerprint density at radius 1 is 1.40 bits per heavy atom. The normalized spacial score (nSPS) is 15.8. The summed E-state index contributed by atoms with van der Waals surface area (Å²) in [6.07, 6.45) is 2.64. The van der Waals surface area contributed by atoms with Crippen molar-refractivity contribution < 1.29 is 9.53 Å². The minimum atomic E-state index is 0.0377. The van der Waals surface area contributed by atoms with Crippen LogP contribution in [-0.4, -0.2) is 46.5 Å². The predicted molar refractivity (Wildman–Crippen MR) is 79.0 cm³/mol. The van der Waals surface area contributed by atoms with E-state index in [9.17, 15) is 4.79 Å². The monoisotopic (exact) mass is 337 g/mol. The number of aryl methyl sites for hydroxylation is 1. The first kappa shape index (κ1) is 13.6. The highest BCUT2D eigenvalue weighted by Crippen LogP contribution is 2.19. The van der Waals surface area contributed by atoms with Gasteiger partial charge >= 0.3 is 0 Å². The van der Waals surface area contributed by atoms with Crippen LogP contribution in [0.4, 0.5) is 0 Å². The van der Waals surface area contributed by atoms with Crippen LogP contribution in [0.5, 0.6) is 0 Å². The Hall–Kier alpha value is -1.40. The standard InChI is InChI=1S/C14H16BrN3O2/c1-2-11-13(14(19)17-5-7-20-8-6-17)18-9-10(15)3-4-12(18)16-11/h3-4,9H,2,5-8H2,1H3. The van der Waals surface area contributed by atoms with Crippen LogP contribution in [-0.2, 0) is 11.2 Å². The van der Waals surface area contributed by atoms with Crippen LogP contribution < -0.4 is 0 Å². The fraction of sp³-hybridized carbons (Fsp3) is 0.429. The Kier molecular flexibility index (Phi) is 3.76. The maximum absolute atomic E-state index is 12.8. The zero-order valence-corrected chi connectivity index (χ0v) is 12.9. The molecule has 0 unspecified atom stereocenters. The number of halogens is 1. The summed E-state index contributed by atoms with van der Waals surface area (Å²) in [5, 5.41) is 0. The third-order valence-corrected chi connectivity index (χ3v) is 3.96. The van der Waals surface area contributed by atoms with Crippen LogP contribution in [0.3, 0.4) is 0 Å². The number of morpholine rings is 1. The first-order chi connectivity index (χ1) is 9.70. The summed E-state index contributed by atoms with van der Waals surface area (Å²) in [7, 11) is 0. The van der Waals surface area contributed by atoms with Crippen LogP contribution in [0.1, 0.15) is 23.1 Å². The number of rotatable bonds is 2. The van der Waals surface area contributed by atoms with Crippen molar-refractivity contribution >= 4 is 27.5 Å². The van der Waals surface area contributed by atoms with E-state index in [1.807, 2.05) is 34.6 Å². The molecule has 3 rings (SSSR count). The van der Waals surface area contributed by atoms with Gasteiger partial charge in [0.2, 0.25) is 0 Å². The van der Waals surface area contributed by atoms with E-state index in [1.54, 1.807) is 0 Å². The van der Waals surface area contributed by atoms with Crippen LogP contribution in [0.2, 0.25) is 0 Å². The van der Waals surface area contributed by atoms with Gasteiger partial charge in [-0.3, -0.25) is 9.20 Å². The Balaban J connectivity index is 2.08. The molecule has 0 aliphatic carbocycles. The van der Waals surface area contributed by atoms with Crippen molar-refractivity contribution in [3.8, 4) is 0 Å². The molecule has 2 aromatic heterocycles. The molecule has 0 N–H and O–H groups in total. The van der Waals surface area contributed by atoms with Crippen LogP contribution in [0, 0.1) is 0 Å². The lowest BCUT2D eigenvalue weighted by molar-refractivity contribution is 0.0297. The number of amides is 1. The van der Waals surface area contributed by atoms with Gasteiger partial charge in [-0.05, 0) is 34.5 Å². The number of hydrogen-bond acceptors (Lipinski definition) is 3. The lowest BCUT2D eigenvalue weighted by Gasteiger charge is -2.26. The van der Waals surface area contributed by atoms with E-state index in [1.165, 1.54) is 0 Å². The van der Waals surface area contributed by atoms with Crippen molar-refractivity contribution in [2.24, 2.45) is 0 Å². The molecule has 1 fully saturated rings. The molecule has 1 aliphatic heterocycles. The zero-order valence-electron chi connectivity index (χ0n) is 11.3. The second-order valence-corrected chi connectivity index (χ2v) is 5.66. The molecule has 0 bridgehead atoms. The second-order valence-electron chi connectivity index (χ2n) is 4.74. The first-order valence-electron chi connectivity index (χ1n) is 6.74. The molecule has 20 heavy (non-hydrogen) atoms. The molecule has 6 heteroatoms. The predicted octanol–water partition coefficient (Wildman–Crippen LogP) is 2.13. The number of aromatic nitrogens is 2. The quantitative estimate of drug-likeness (QED) is 0.843. The Labute approximate surface area is 125 Å². The topological polar surface area (TPSA) is 46.8 Å². The minimum absolute atomic E-state index is 0.0377. The van der Waals surface area contributed by atoms with Crippen molar-refractivity contribution in [3.63, 3.8) is 0 Å². The van der Waals surface area contributed by atoms with Gasteiger partial charge in [-0.25, -0.2) is 4.98 Å². The van der Waals surface area contributed by atoms with Gasteiger partial charge in [-0.2, -0.15) is 0 Å². The number of nitrogens with zero attached hydrogens (tertiary/aromatic N) is 3. The molecule has 0 aromatic carbocycles. The highest BCUT2D eigenvalue weighted by molar-refractivity contribution is 9.10. The van der Waals surface area contributed by atoms with Crippen molar-refractivity contribution in [1.82, 2.24) is 14.3 Å². The molecule has 1 amide bonds. The van der Waals surface area contributed by atoms with E-state index in [4.69, 9.17) is 4.74 Å². The van der Waals surface area contributed by atoms with Crippen LogP contribution >= 0.6 is 15.9 Å². The first-order valence-corrected chi connectivity index (χ1v) is 7.53. The molecule has 0 atom stereocenters. The number of carbonyl (C=O) groups is 1. The molecule has 0 spiro atoms. The number of ether oxygens (including phenoxy) is 1. The number of carbonyl (C=O) groups excluding carboxylic acids is 1. The van der Waals surface area contributed by atoms with Crippen molar-refractivity contribution in [3.05, 3.63) is 34.2 Å². The number of fused-ring (bicyclic) bond motifs is 1. The van der Waals surface area contributed by atoms with Gasteiger partial charge in [0.1, 0.15) is 11.3 Å². The Morgan fingerprint density at radius 2 is 2.15 bits per heavy atom. The second kappa shape index (κ2) is 5.54. The molecule has 1 aliphatic rings. The Morgan fingerprint density at radius 3 is 2.85 bits per heavy atom. The van der Waals surface area contributed by atoms with E-state index in [2.05, 4.69) is 20.9 Å². The largest absolute Gasteiger partial charge is 0.378 e. The minimum Gasteiger partial charge on any atom is -0.378 e. The van der Waals surface area contributed by atoms with Crippen molar-refractivity contribution in [2.45, 2.75) is 13.3 Å². The summed E-state index contributed by atoms with van der Waals surface area (Å²) < 4.78 is 8.11. The fourth-order valence-electron chi connectivity index (χ4n) is 2.46. The summed E-state index contributed by atoms with van der Waals surface area (Å²) in [5.41, 5.74) is 2.33. The number of pyridine rings is 1. The SMILES string of the molecule is CCc1nc2ccc(Br)cn2c1C(=O)N1CCOCC1. The van der Waals surface area contributed by atoms with Gasteiger partial charge in [0, 0.05) is 23.8 Å². The van der Waals surface area contributed by atoms with Crippen LogP contribution in [0.15, 0.2) is 22.8 Å². The third-order valence-electron chi connectivity index (χ3n) is 3.49. The van der Waals surface area contributed by atoms with E-state index in [0.29, 0.717) is 32.0 Å². The molecule has 1 saturated heterocycles. The van der Waals surface area contributed by atoms with E-state index in [-0.39, 0.29) is 5.91 Å². The van der Waals surface area contributed by atoms with Crippen molar-refractivity contribution in [1.29, 1.82) is 0 Å². The zero-order chi connectivity index (χ0) is 14.1. The molecule has 0 radical (unpaired) electrons. The lowest BCUT2D eigenvalue weighted by atomic mass is 10.2. The summed E-state index contributed by atoms with van der Waals surface area (Å²) >= 11 is 3.45. The number of imidazole rings is 1. The molecular weight excluding hydrogens is 322 g/mol. The fourth-order valence-corrected chi connectivity index (χ4v) is 2.79. The maximum Gasteiger partial charge on any atom is 0.272 e. The maximum atomic E-state index is 12.8. The molecule has 106 valence electrons. The van der Waals surface area contributed by atoms with Gasteiger partial charge in [0.15, 0.2) is 0 Å². The molecule has 5 nitrogen and oxygen atoms in total. The Bertz CT molecular complexity index is 647. The van der Waals surface area contributed by atoms with Gasteiger partial charge in [-0.1, -0.05) is 6.92 Å². The average molecular weight is 338 g/mol. The average Bonchev–Trinajstić information content (AvgIpc) is 2.85. The van der Waals surface area contributed by atoms with Crippen molar-refractivity contribution in [2.75, 3.05) is 26.3 Å².